The molecule has 0 amide bonds. The lowest BCUT2D eigenvalue weighted by Gasteiger charge is -2.34. The largest absolute Gasteiger partial charge is 0.326 e. The van der Waals surface area contributed by atoms with Crippen LogP contribution in [0.3, 0.4) is 0 Å². The summed E-state index contributed by atoms with van der Waals surface area (Å²) in [4.78, 5) is 2.48. The Kier molecular flexibility index (Phi) is 4.00. The minimum atomic E-state index is -3.56. The molecule has 116 valence electrons. The first-order valence-electron chi connectivity index (χ1n) is 7.25. The van der Waals surface area contributed by atoms with E-state index < -0.39 is 15.8 Å². The van der Waals surface area contributed by atoms with Crippen molar-refractivity contribution >= 4 is 10.0 Å². The zero-order valence-electron chi connectivity index (χ0n) is 11.8. The number of benzene rings is 1. The van der Waals surface area contributed by atoms with Gasteiger partial charge in [0, 0.05) is 44.3 Å². The summed E-state index contributed by atoms with van der Waals surface area (Å²) in [5.41, 5.74) is 5.67. The van der Waals surface area contributed by atoms with Crippen molar-refractivity contribution < 1.29 is 12.8 Å². The van der Waals surface area contributed by atoms with Gasteiger partial charge < -0.3 is 5.73 Å². The molecule has 2 fully saturated rings. The van der Waals surface area contributed by atoms with E-state index in [9.17, 15) is 12.8 Å². The van der Waals surface area contributed by atoms with Crippen LogP contribution in [0.4, 0.5) is 4.39 Å². The van der Waals surface area contributed by atoms with Gasteiger partial charge >= 0.3 is 0 Å². The lowest BCUT2D eigenvalue weighted by atomic mass is 10.2. The van der Waals surface area contributed by atoms with Crippen LogP contribution in [-0.2, 0) is 16.6 Å². The van der Waals surface area contributed by atoms with E-state index >= 15 is 0 Å². The lowest BCUT2D eigenvalue weighted by molar-refractivity contribution is 0.180. The molecule has 2 aliphatic rings. The smallest absolute Gasteiger partial charge is 0.243 e. The molecule has 0 unspecified atom stereocenters. The lowest BCUT2D eigenvalue weighted by Crippen LogP contribution is -2.49. The summed E-state index contributed by atoms with van der Waals surface area (Å²) < 4.78 is 40.1. The summed E-state index contributed by atoms with van der Waals surface area (Å²) in [6.07, 6.45) is 2.45. The summed E-state index contributed by atoms with van der Waals surface area (Å²) in [6.45, 7) is 2.52. The maximum Gasteiger partial charge on any atom is 0.243 e. The van der Waals surface area contributed by atoms with E-state index in [0.717, 1.165) is 13.1 Å². The highest BCUT2D eigenvalue weighted by molar-refractivity contribution is 7.89. The highest BCUT2D eigenvalue weighted by Gasteiger charge is 2.34. The van der Waals surface area contributed by atoms with Crippen molar-refractivity contribution in [3.8, 4) is 0 Å². The maximum absolute atomic E-state index is 13.5. The van der Waals surface area contributed by atoms with Crippen molar-refractivity contribution in [1.29, 1.82) is 0 Å². The normalized spacial score (nSPS) is 21.6. The molecule has 3 rings (SSSR count). The van der Waals surface area contributed by atoms with E-state index in [-0.39, 0.29) is 17.0 Å². The number of sulfonamides is 1. The summed E-state index contributed by atoms with van der Waals surface area (Å²) in [7, 11) is -3.56. The summed E-state index contributed by atoms with van der Waals surface area (Å²) in [5.74, 6) is -0.463. The topological polar surface area (TPSA) is 66.6 Å². The average Bonchev–Trinajstić information content (AvgIpc) is 3.32. The predicted octanol–water partition coefficient (Wildman–Crippen LogP) is 0.753. The monoisotopic (exact) mass is 313 g/mol. The second-order valence-corrected chi connectivity index (χ2v) is 7.57. The van der Waals surface area contributed by atoms with Crippen molar-refractivity contribution in [2.45, 2.75) is 30.3 Å². The fourth-order valence-electron chi connectivity index (χ4n) is 2.77. The molecule has 1 aromatic rings. The fraction of sp³-hybridized carbons (Fsp3) is 0.571. The van der Waals surface area contributed by atoms with Crippen LogP contribution in [-0.4, -0.2) is 49.8 Å². The Labute approximate surface area is 124 Å². The Hall–Kier alpha value is -1.02. The first kappa shape index (κ1) is 14.9. The fourth-order valence-corrected chi connectivity index (χ4v) is 4.24. The van der Waals surface area contributed by atoms with Gasteiger partial charge in [0.2, 0.25) is 10.0 Å². The average molecular weight is 313 g/mol. The Bertz CT molecular complexity index is 623. The molecule has 0 aromatic heterocycles. The molecular formula is C14H20FN3O2S. The standard InChI is InChI=1S/C14H20FN3O2S/c15-14-4-3-13(9-11(14)10-16)21(19,20)18-7-5-17(6-8-18)12-1-2-12/h3-4,9,12H,1-2,5-8,10,16H2. The molecule has 7 heteroatoms. The van der Waals surface area contributed by atoms with Crippen molar-refractivity contribution in [1.82, 2.24) is 9.21 Å². The van der Waals surface area contributed by atoms with Gasteiger partial charge in [-0.05, 0) is 31.0 Å². The summed E-state index contributed by atoms with van der Waals surface area (Å²) >= 11 is 0. The number of piperazine rings is 1. The highest BCUT2D eigenvalue weighted by Crippen LogP contribution is 2.28. The van der Waals surface area contributed by atoms with E-state index in [1.807, 2.05) is 0 Å². The zero-order chi connectivity index (χ0) is 15.0. The molecule has 0 spiro atoms. The van der Waals surface area contributed by atoms with Crippen LogP contribution >= 0.6 is 0 Å². The van der Waals surface area contributed by atoms with Gasteiger partial charge in [-0.15, -0.1) is 0 Å². The number of halogens is 1. The van der Waals surface area contributed by atoms with Gasteiger partial charge in [-0.2, -0.15) is 4.31 Å². The molecule has 1 saturated heterocycles. The van der Waals surface area contributed by atoms with Gasteiger partial charge in [-0.3, -0.25) is 4.90 Å². The number of rotatable bonds is 4. The second-order valence-electron chi connectivity index (χ2n) is 5.63. The summed E-state index contributed by atoms with van der Waals surface area (Å²) in [5, 5.41) is 0. The molecular weight excluding hydrogens is 293 g/mol. The van der Waals surface area contributed by atoms with Crippen LogP contribution in [0.15, 0.2) is 23.1 Å². The molecule has 1 saturated carbocycles. The van der Waals surface area contributed by atoms with Crippen LogP contribution in [0.25, 0.3) is 0 Å². The van der Waals surface area contributed by atoms with Gasteiger partial charge in [0.25, 0.3) is 0 Å². The van der Waals surface area contributed by atoms with Gasteiger partial charge in [0.15, 0.2) is 0 Å². The minimum Gasteiger partial charge on any atom is -0.326 e. The highest BCUT2D eigenvalue weighted by atomic mass is 32.2. The Balaban J connectivity index is 1.77. The van der Waals surface area contributed by atoms with Crippen molar-refractivity contribution in [3.63, 3.8) is 0 Å². The molecule has 0 atom stereocenters. The zero-order valence-corrected chi connectivity index (χ0v) is 12.7. The van der Waals surface area contributed by atoms with Crippen LogP contribution in [0.5, 0.6) is 0 Å². The second kappa shape index (κ2) is 5.64. The Morgan fingerprint density at radius 2 is 1.86 bits per heavy atom. The van der Waals surface area contributed by atoms with Crippen molar-refractivity contribution in [3.05, 3.63) is 29.6 Å². The van der Waals surface area contributed by atoms with Gasteiger partial charge in [0.05, 0.1) is 4.90 Å². The SMILES string of the molecule is NCc1cc(S(=O)(=O)N2CCN(C3CC3)CC2)ccc1F. The van der Waals surface area contributed by atoms with E-state index in [2.05, 4.69) is 4.90 Å². The van der Waals surface area contributed by atoms with E-state index in [1.54, 1.807) is 0 Å². The third kappa shape index (κ3) is 2.96. The van der Waals surface area contributed by atoms with Gasteiger partial charge in [-0.1, -0.05) is 0 Å². The molecule has 21 heavy (non-hydrogen) atoms. The third-order valence-electron chi connectivity index (χ3n) is 4.21. The Morgan fingerprint density at radius 3 is 2.43 bits per heavy atom. The molecule has 1 heterocycles. The molecule has 1 aromatic carbocycles. The van der Waals surface area contributed by atoms with Gasteiger partial charge in [-0.25, -0.2) is 12.8 Å². The van der Waals surface area contributed by atoms with Crippen LogP contribution in [0.2, 0.25) is 0 Å². The van der Waals surface area contributed by atoms with Crippen molar-refractivity contribution in [2.75, 3.05) is 26.2 Å². The molecule has 2 N–H and O–H groups in total. The summed E-state index contributed by atoms with van der Waals surface area (Å²) in [6, 6.07) is 4.49. The molecule has 1 aliphatic carbocycles. The number of hydrogen-bond acceptors (Lipinski definition) is 4. The molecule has 1 aliphatic heterocycles. The number of hydrogen-bond donors (Lipinski definition) is 1. The van der Waals surface area contributed by atoms with Gasteiger partial charge in [0.1, 0.15) is 5.82 Å². The predicted molar refractivity (Wildman–Crippen MR) is 77.6 cm³/mol. The first-order valence-corrected chi connectivity index (χ1v) is 8.69. The van der Waals surface area contributed by atoms with Crippen molar-refractivity contribution in [2.24, 2.45) is 5.73 Å². The van der Waals surface area contributed by atoms with E-state index in [4.69, 9.17) is 5.73 Å². The Morgan fingerprint density at radius 1 is 1.19 bits per heavy atom. The molecule has 0 radical (unpaired) electrons. The molecule has 5 nitrogen and oxygen atoms in total. The van der Waals surface area contributed by atoms with Crippen LogP contribution in [0.1, 0.15) is 18.4 Å². The number of nitrogens with two attached hydrogens (primary N) is 1. The quantitative estimate of drug-likeness (QED) is 0.891. The minimum absolute atomic E-state index is 0.00927. The first-order chi connectivity index (χ1) is 10.0. The third-order valence-corrected chi connectivity index (χ3v) is 6.11. The molecule has 0 bridgehead atoms. The van der Waals surface area contributed by atoms with E-state index in [1.165, 1.54) is 35.3 Å². The van der Waals surface area contributed by atoms with Crippen LogP contribution < -0.4 is 5.73 Å². The maximum atomic E-state index is 13.5. The van der Waals surface area contributed by atoms with Crippen LogP contribution in [0, 0.1) is 5.82 Å². The number of nitrogens with zero attached hydrogens (tertiary/aromatic N) is 2. The van der Waals surface area contributed by atoms with E-state index in [0.29, 0.717) is 19.1 Å².